The molecule has 3 rings (SSSR count). The van der Waals surface area contributed by atoms with Crippen LogP contribution in [0.2, 0.25) is 0 Å². The monoisotopic (exact) mass is 247 g/mol. The zero-order valence-corrected chi connectivity index (χ0v) is 10.5. The Bertz CT molecular complexity index is 508. The molecule has 1 aliphatic carbocycles. The van der Waals surface area contributed by atoms with E-state index in [9.17, 15) is 5.11 Å². The van der Waals surface area contributed by atoms with Gasteiger partial charge in [0.25, 0.3) is 0 Å². The number of hydrogen-bond acceptors (Lipinski definition) is 3. The Hall–Kier alpha value is -1.06. The van der Waals surface area contributed by atoms with Crippen LogP contribution in [0.15, 0.2) is 29.6 Å². The standard InChI is InChI=1S/C14H17NOS/c16-13-4-2-1-3-12(13)15-11-5-6-14-10(9-11)7-8-17-14/h5-9,12-13,15-16H,1-4H2/t12-,13-/m1/s1. The van der Waals surface area contributed by atoms with Crippen LogP contribution in [0.3, 0.4) is 0 Å². The number of nitrogens with one attached hydrogen (secondary N) is 1. The number of anilines is 1. The minimum Gasteiger partial charge on any atom is -0.391 e. The van der Waals surface area contributed by atoms with Gasteiger partial charge in [0, 0.05) is 10.4 Å². The maximum atomic E-state index is 9.94. The molecule has 1 aromatic heterocycles. The van der Waals surface area contributed by atoms with Crippen LogP contribution >= 0.6 is 11.3 Å². The first-order valence-electron chi connectivity index (χ1n) is 6.25. The molecule has 0 saturated heterocycles. The predicted molar refractivity (Wildman–Crippen MR) is 73.7 cm³/mol. The summed E-state index contributed by atoms with van der Waals surface area (Å²) in [5, 5.41) is 16.8. The van der Waals surface area contributed by atoms with Crippen LogP contribution in [0.25, 0.3) is 10.1 Å². The van der Waals surface area contributed by atoms with Gasteiger partial charge in [0.1, 0.15) is 0 Å². The lowest BCUT2D eigenvalue weighted by Crippen LogP contribution is -2.36. The molecule has 1 aromatic carbocycles. The number of aliphatic hydroxyl groups excluding tert-OH is 1. The lowest BCUT2D eigenvalue weighted by molar-refractivity contribution is 0.116. The van der Waals surface area contributed by atoms with Crippen LogP contribution in [0.1, 0.15) is 25.7 Å². The van der Waals surface area contributed by atoms with E-state index in [-0.39, 0.29) is 12.1 Å². The third-order valence-electron chi connectivity index (χ3n) is 3.53. The molecule has 1 aliphatic rings. The smallest absolute Gasteiger partial charge is 0.0741 e. The highest BCUT2D eigenvalue weighted by Crippen LogP contribution is 2.27. The summed E-state index contributed by atoms with van der Waals surface area (Å²) in [5.74, 6) is 0. The molecule has 1 heterocycles. The Balaban J connectivity index is 1.79. The summed E-state index contributed by atoms with van der Waals surface area (Å²) < 4.78 is 1.32. The predicted octanol–water partition coefficient (Wildman–Crippen LogP) is 3.62. The van der Waals surface area contributed by atoms with Crippen molar-refractivity contribution in [3.05, 3.63) is 29.6 Å². The van der Waals surface area contributed by atoms with E-state index in [0.29, 0.717) is 0 Å². The topological polar surface area (TPSA) is 32.3 Å². The Labute approximate surface area is 105 Å². The summed E-state index contributed by atoms with van der Waals surface area (Å²) in [5.41, 5.74) is 1.13. The molecule has 0 amide bonds. The number of thiophene rings is 1. The van der Waals surface area contributed by atoms with Crippen molar-refractivity contribution in [2.75, 3.05) is 5.32 Å². The molecule has 2 aromatic rings. The number of rotatable bonds is 2. The molecular weight excluding hydrogens is 230 g/mol. The van der Waals surface area contributed by atoms with Gasteiger partial charge in [0.05, 0.1) is 12.1 Å². The second-order valence-electron chi connectivity index (χ2n) is 4.78. The first kappa shape index (κ1) is 11.1. The van der Waals surface area contributed by atoms with Crippen molar-refractivity contribution in [3.63, 3.8) is 0 Å². The summed E-state index contributed by atoms with van der Waals surface area (Å²) >= 11 is 1.77. The summed E-state index contributed by atoms with van der Waals surface area (Å²) in [6.07, 6.45) is 4.18. The number of fused-ring (bicyclic) bond motifs is 1. The summed E-state index contributed by atoms with van der Waals surface area (Å²) in [4.78, 5) is 0. The Kier molecular flexibility index (Phi) is 3.04. The summed E-state index contributed by atoms with van der Waals surface area (Å²) in [7, 11) is 0. The van der Waals surface area contributed by atoms with E-state index in [1.165, 1.54) is 16.5 Å². The Morgan fingerprint density at radius 2 is 2.06 bits per heavy atom. The molecule has 1 fully saturated rings. The van der Waals surface area contributed by atoms with E-state index in [1.807, 2.05) is 0 Å². The van der Waals surface area contributed by atoms with Crippen molar-refractivity contribution in [2.24, 2.45) is 0 Å². The van der Waals surface area contributed by atoms with Crippen LogP contribution in [0.5, 0.6) is 0 Å². The van der Waals surface area contributed by atoms with Crippen molar-refractivity contribution in [1.29, 1.82) is 0 Å². The van der Waals surface area contributed by atoms with E-state index in [1.54, 1.807) is 11.3 Å². The Morgan fingerprint density at radius 1 is 1.18 bits per heavy atom. The summed E-state index contributed by atoms with van der Waals surface area (Å²) in [6.45, 7) is 0. The van der Waals surface area contributed by atoms with Crippen molar-refractivity contribution in [2.45, 2.75) is 37.8 Å². The van der Waals surface area contributed by atoms with Crippen LogP contribution in [-0.4, -0.2) is 17.3 Å². The van der Waals surface area contributed by atoms with Crippen LogP contribution in [0, 0.1) is 0 Å². The van der Waals surface area contributed by atoms with E-state index in [0.717, 1.165) is 24.9 Å². The molecule has 17 heavy (non-hydrogen) atoms. The number of benzene rings is 1. The average molecular weight is 247 g/mol. The molecule has 2 nitrogen and oxygen atoms in total. The lowest BCUT2D eigenvalue weighted by atomic mass is 9.92. The quantitative estimate of drug-likeness (QED) is 0.849. The van der Waals surface area contributed by atoms with Gasteiger partial charge in [-0.2, -0.15) is 0 Å². The van der Waals surface area contributed by atoms with Crippen LogP contribution in [-0.2, 0) is 0 Å². The van der Waals surface area contributed by atoms with Gasteiger partial charge >= 0.3 is 0 Å². The van der Waals surface area contributed by atoms with Gasteiger partial charge in [-0.1, -0.05) is 12.8 Å². The maximum absolute atomic E-state index is 9.94. The lowest BCUT2D eigenvalue weighted by Gasteiger charge is -2.29. The van der Waals surface area contributed by atoms with E-state index < -0.39 is 0 Å². The molecule has 2 atom stereocenters. The van der Waals surface area contributed by atoms with Gasteiger partial charge in [-0.15, -0.1) is 11.3 Å². The normalized spacial score (nSPS) is 25.0. The van der Waals surface area contributed by atoms with Crippen molar-refractivity contribution < 1.29 is 5.11 Å². The second kappa shape index (κ2) is 4.67. The second-order valence-corrected chi connectivity index (χ2v) is 5.72. The van der Waals surface area contributed by atoms with Gasteiger partial charge in [-0.3, -0.25) is 0 Å². The molecule has 0 aliphatic heterocycles. The fourth-order valence-corrected chi connectivity index (χ4v) is 3.32. The number of aliphatic hydroxyl groups is 1. The van der Waals surface area contributed by atoms with Crippen molar-refractivity contribution >= 4 is 27.1 Å². The van der Waals surface area contributed by atoms with Crippen molar-refractivity contribution in [3.8, 4) is 0 Å². The minimum atomic E-state index is -0.193. The molecule has 90 valence electrons. The molecule has 2 N–H and O–H groups in total. The highest BCUT2D eigenvalue weighted by molar-refractivity contribution is 7.17. The first-order chi connectivity index (χ1) is 8.33. The zero-order valence-electron chi connectivity index (χ0n) is 9.73. The summed E-state index contributed by atoms with van der Waals surface area (Å²) in [6, 6.07) is 8.80. The fraction of sp³-hybridized carbons (Fsp3) is 0.429. The third-order valence-corrected chi connectivity index (χ3v) is 4.43. The van der Waals surface area contributed by atoms with Gasteiger partial charge in [0.15, 0.2) is 0 Å². The molecule has 1 saturated carbocycles. The van der Waals surface area contributed by atoms with Crippen molar-refractivity contribution in [1.82, 2.24) is 0 Å². The van der Waals surface area contributed by atoms with Crippen LogP contribution < -0.4 is 5.32 Å². The van der Waals surface area contributed by atoms with Gasteiger partial charge in [-0.25, -0.2) is 0 Å². The Morgan fingerprint density at radius 3 is 2.94 bits per heavy atom. The third kappa shape index (κ3) is 2.31. The fourth-order valence-electron chi connectivity index (χ4n) is 2.55. The molecule has 0 spiro atoms. The minimum absolute atomic E-state index is 0.193. The van der Waals surface area contributed by atoms with E-state index >= 15 is 0 Å². The maximum Gasteiger partial charge on any atom is 0.0741 e. The molecule has 3 heteroatoms. The average Bonchev–Trinajstić information content (AvgIpc) is 2.79. The van der Waals surface area contributed by atoms with Gasteiger partial charge in [-0.05, 0) is 47.9 Å². The SMILES string of the molecule is O[C@@H]1CCCC[C@H]1Nc1ccc2sccc2c1. The molecule has 0 unspecified atom stereocenters. The molecular formula is C14H17NOS. The van der Waals surface area contributed by atoms with Crippen LogP contribution in [0.4, 0.5) is 5.69 Å². The van der Waals surface area contributed by atoms with E-state index in [2.05, 4.69) is 35.0 Å². The molecule has 0 bridgehead atoms. The van der Waals surface area contributed by atoms with Gasteiger partial charge in [0.2, 0.25) is 0 Å². The first-order valence-corrected chi connectivity index (χ1v) is 7.13. The zero-order chi connectivity index (χ0) is 11.7. The highest BCUT2D eigenvalue weighted by atomic mass is 32.1. The molecule has 0 radical (unpaired) electrons. The highest BCUT2D eigenvalue weighted by Gasteiger charge is 2.22. The number of hydrogen-bond donors (Lipinski definition) is 2. The van der Waals surface area contributed by atoms with Gasteiger partial charge < -0.3 is 10.4 Å². The van der Waals surface area contributed by atoms with E-state index in [4.69, 9.17) is 0 Å². The largest absolute Gasteiger partial charge is 0.391 e.